The van der Waals surface area contributed by atoms with Gasteiger partial charge in [-0.25, -0.2) is 13.4 Å². The number of carbonyl (C=O) groups excluding carboxylic acids is 1. The standard InChI is InChI=1S/C27H40ClN5O4S/c1-17(2)38(35,36)33(5)26-25(28)21(14-24(31-26)32(4)15-20-12-18(20)3)27(34)30-23(22(29)16-37-6)13-19-10-8-7-9-11-19/h7-11,14,17-18,20,22-23H,12-13,15-16,29H2,1-6H3,(H,30,34)/t18-,20+,22-,23-/m0/s1. The fraction of sp³-hybridized carbons (Fsp3) is 0.556. The lowest BCUT2D eigenvalue weighted by Gasteiger charge is -2.27. The van der Waals surface area contributed by atoms with Crippen molar-refractivity contribution in [1.29, 1.82) is 0 Å². The lowest BCUT2D eigenvalue weighted by molar-refractivity contribution is 0.0913. The number of rotatable bonds is 13. The molecule has 1 amide bonds. The van der Waals surface area contributed by atoms with Gasteiger partial charge in [0.1, 0.15) is 5.82 Å². The molecule has 3 N–H and O–H groups in total. The second-order valence-corrected chi connectivity index (χ2v) is 13.4. The quantitative estimate of drug-likeness (QED) is 0.382. The summed E-state index contributed by atoms with van der Waals surface area (Å²) in [6.07, 6.45) is 1.61. The van der Waals surface area contributed by atoms with Crippen LogP contribution in [0.4, 0.5) is 11.6 Å². The van der Waals surface area contributed by atoms with Crippen LogP contribution in [0.2, 0.25) is 5.02 Å². The third-order valence-electron chi connectivity index (χ3n) is 7.11. The Labute approximate surface area is 231 Å². The molecule has 0 aliphatic heterocycles. The predicted molar refractivity (Wildman–Crippen MR) is 153 cm³/mol. The van der Waals surface area contributed by atoms with Crippen molar-refractivity contribution in [3.63, 3.8) is 0 Å². The van der Waals surface area contributed by atoms with Crippen LogP contribution in [0.25, 0.3) is 0 Å². The van der Waals surface area contributed by atoms with E-state index in [1.54, 1.807) is 27.0 Å². The highest BCUT2D eigenvalue weighted by Crippen LogP contribution is 2.39. The first-order valence-corrected chi connectivity index (χ1v) is 14.7. The maximum Gasteiger partial charge on any atom is 0.253 e. The molecule has 0 unspecified atom stereocenters. The summed E-state index contributed by atoms with van der Waals surface area (Å²) in [7, 11) is 1.11. The molecule has 2 aromatic rings. The summed E-state index contributed by atoms with van der Waals surface area (Å²) in [6.45, 7) is 6.35. The number of pyridine rings is 1. The molecule has 1 heterocycles. The first kappa shape index (κ1) is 30.1. The molecule has 210 valence electrons. The first-order chi connectivity index (χ1) is 17.9. The Morgan fingerprint density at radius 3 is 2.45 bits per heavy atom. The zero-order chi connectivity index (χ0) is 28.2. The Morgan fingerprint density at radius 2 is 1.89 bits per heavy atom. The van der Waals surface area contributed by atoms with Gasteiger partial charge in [0.15, 0.2) is 5.82 Å². The molecule has 0 bridgehead atoms. The van der Waals surface area contributed by atoms with Crippen molar-refractivity contribution in [2.45, 2.75) is 50.9 Å². The Kier molecular flexibility index (Phi) is 10.0. The largest absolute Gasteiger partial charge is 0.383 e. The summed E-state index contributed by atoms with van der Waals surface area (Å²) in [6, 6.07) is 10.4. The minimum atomic E-state index is -3.74. The van der Waals surface area contributed by atoms with Crippen LogP contribution in [0.5, 0.6) is 0 Å². The monoisotopic (exact) mass is 565 g/mol. The number of benzene rings is 1. The van der Waals surface area contributed by atoms with Crippen molar-refractivity contribution < 1.29 is 17.9 Å². The van der Waals surface area contributed by atoms with Gasteiger partial charge >= 0.3 is 0 Å². The number of ether oxygens (including phenoxy) is 1. The van der Waals surface area contributed by atoms with E-state index in [1.807, 2.05) is 42.3 Å². The van der Waals surface area contributed by atoms with Crippen molar-refractivity contribution in [2.75, 3.05) is 43.6 Å². The smallest absolute Gasteiger partial charge is 0.253 e. The maximum atomic E-state index is 13.7. The van der Waals surface area contributed by atoms with Gasteiger partial charge in [-0.05, 0) is 50.2 Å². The number of halogens is 1. The van der Waals surface area contributed by atoms with Crippen molar-refractivity contribution in [2.24, 2.45) is 17.6 Å². The number of nitrogens with one attached hydrogen (secondary N) is 1. The number of nitrogens with zero attached hydrogens (tertiary/aromatic N) is 3. The van der Waals surface area contributed by atoms with E-state index >= 15 is 0 Å². The summed E-state index contributed by atoms with van der Waals surface area (Å²) < 4.78 is 32.3. The number of anilines is 2. The molecule has 0 saturated heterocycles. The zero-order valence-electron chi connectivity index (χ0n) is 23.0. The third-order valence-corrected chi connectivity index (χ3v) is 9.61. The fourth-order valence-corrected chi connectivity index (χ4v) is 5.71. The normalized spacial score (nSPS) is 18.7. The van der Waals surface area contributed by atoms with Crippen molar-refractivity contribution >= 4 is 39.2 Å². The molecule has 1 aromatic carbocycles. The van der Waals surface area contributed by atoms with Crippen molar-refractivity contribution in [3.05, 3.63) is 52.5 Å². The minimum absolute atomic E-state index is 0.0134. The topological polar surface area (TPSA) is 118 Å². The van der Waals surface area contributed by atoms with Crippen molar-refractivity contribution in [1.82, 2.24) is 10.3 Å². The fourth-order valence-electron chi connectivity index (χ4n) is 4.34. The summed E-state index contributed by atoms with van der Waals surface area (Å²) >= 11 is 6.71. The Hall–Kier alpha value is -2.40. The molecule has 0 spiro atoms. The second-order valence-electron chi connectivity index (χ2n) is 10.5. The van der Waals surface area contributed by atoms with Gasteiger partial charge in [-0.1, -0.05) is 48.9 Å². The van der Waals surface area contributed by atoms with E-state index in [-0.39, 0.29) is 23.0 Å². The van der Waals surface area contributed by atoms with Crippen LogP contribution in [0.3, 0.4) is 0 Å². The summed E-state index contributed by atoms with van der Waals surface area (Å²) in [4.78, 5) is 20.2. The highest BCUT2D eigenvalue weighted by Gasteiger charge is 2.35. The van der Waals surface area contributed by atoms with Crippen LogP contribution >= 0.6 is 11.6 Å². The van der Waals surface area contributed by atoms with E-state index in [0.717, 1.165) is 22.8 Å². The molecule has 9 nitrogen and oxygen atoms in total. The number of hydrogen-bond acceptors (Lipinski definition) is 7. The summed E-state index contributed by atoms with van der Waals surface area (Å²) in [5, 5.41) is 2.29. The van der Waals surface area contributed by atoms with Gasteiger partial charge < -0.3 is 20.7 Å². The third kappa shape index (κ3) is 7.16. The van der Waals surface area contributed by atoms with E-state index < -0.39 is 33.3 Å². The van der Waals surface area contributed by atoms with E-state index in [0.29, 0.717) is 24.1 Å². The van der Waals surface area contributed by atoms with Gasteiger partial charge in [0, 0.05) is 33.8 Å². The lowest BCUT2D eigenvalue weighted by Crippen LogP contribution is -2.51. The van der Waals surface area contributed by atoms with Gasteiger partial charge in [0.05, 0.1) is 28.5 Å². The van der Waals surface area contributed by atoms with E-state index in [4.69, 9.17) is 22.1 Å². The SMILES string of the molecule is COC[C@H](N)[C@H](Cc1ccccc1)NC(=O)c1cc(N(C)C[C@H]2C[C@@H]2C)nc(N(C)S(=O)(=O)C(C)C)c1Cl. The maximum absolute atomic E-state index is 13.7. The molecule has 38 heavy (non-hydrogen) atoms. The summed E-state index contributed by atoms with van der Waals surface area (Å²) in [5.41, 5.74) is 7.52. The van der Waals surface area contributed by atoms with Crippen LogP contribution in [0.1, 0.15) is 43.1 Å². The molecule has 4 atom stereocenters. The van der Waals surface area contributed by atoms with Crippen molar-refractivity contribution in [3.8, 4) is 0 Å². The van der Waals surface area contributed by atoms with Gasteiger partial charge in [-0.3, -0.25) is 9.10 Å². The summed E-state index contributed by atoms with van der Waals surface area (Å²) in [5.74, 6) is 1.17. The molecule has 1 aliphatic rings. The number of amides is 1. The molecule has 0 radical (unpaired) electrons. The molecule has 1 aromatic heterocycles. The highest BCUT2D eigenvalue weighted by atomic mass is 35.5. The number of carbonyl (C=O) groups is 1. The van der Waals surface area contributed by atoms with Gasteiger partial charge in [-0.15, -0.1) is 0 Å². The van der Waals surface area contributed by atoms with E-state index in [1.165, 1.54) is 7.05 Å². The average molecular weight is 566 g/mol. The molecule has 11 heteroatoms. The van der Waals surface area contributed by atoms with Gasteiger partial charge in [-0.2, -0.15) is 0 Å². The molecular weight excluding hydrogens is 526 g/mol. The first-order valence-electron chi connectivity index (χ1n) is 12.9. The van der Waals surface area contributed by atoms with E-state index in [9.17, 15) is 13.2 Å². The lowest BCUT2D eigenvalue weighted by atomic mass is 9.99. The van der Waals surface area contributed by atoms with E-state index in [2.05, 4.69) is 17.2 Å². The number of methoxy groups -OCH3 is 1. The number of nitrogens with two attached hydrogens (primary N) is 1. The minimum Gasteiger partial charge on any atom is -0.383 e. The Bertz CT molecular complexity index is 1210. The van der Waals surface area contributed by atoms with Crippen LogP contribution in [0, 0.1) is 11.8 Å². The molecule has 1 aliphatic carbocycles. The molecular formula is C27H40ClN5O4S. The predicted octanol–water partition coefficient (Wildman–Crippen LogP) is 3.32. The zero-order valence-corrected chi connectivity index (χ0v) is 24.6. The van der Waals surface area contributed by atoms with Crippen LogP contribution in [-0.4, -0.2) is 71.0 Å². The molecule has 1 fully saturated rings. The average Bonchev–Trinajstić information content (AvgIpc) is 3.57. The van der Waals surface area contributed by atoms with Gasteiger partial charge in [0.25, 0.3) is 5.91 Å². The van der Waals surface area contributed by atoms with Gasteiger partial charge in [0.2, 0.25) is 10.0 Å². The molecule has 3 rings (SSSR count). The Balaban J connectivity index is 2.00. The van der Waals surface area contributed by atoms with Crippen LogP contribution < -0.4 is 20.3 Å². The number of hydrogen-bond donors (Lipinski definition) is 2. The number of aromatic nitrogens is 1. The molecule has 1 saturated carbocycles. The highest BCUT2D eigenvalue weighted by molar-refractivity contribution is 7.93. The Morgan fingerprint density at radius 1 is 1.26 bits per heavy atom. The second kappa shape index (κ2) is 12.6. The van der Waals surface area contributed by atoms with Crippen LogP contribution in [-0.2, 0) is 21.2 Å². The number of sulfonamides is 1. The van der Waals surface area contributed by atoms with Crippen LogP contribution in [0.15, 0.2) is 36.4 Å².